The minimum Gasteiger partial charge on any atom is -0.453 e. The Balaban J connectivity index is 1.29. The molecule has 3 aromatic carbocycles. The summed E-state index contributed by atoms with van der Waals surface area (Å²) in [4.78, 5) is 36.1. The van der Waals surface area contributed by atoms with Crippen molar-refractivity contribution in [1.29, 1.82) is 0 Å². The number of rotatable bonds is 15. The molecular weight excluding hydrogens is 747 g/mol. The van der Waals surface area contributed by atoms with Gasteiger partial charge in [0, 0.05) is 48.1 Å². The molecule has 0 bridgehead atoms. The van der Waals surface area contributed by atoms with E-state index >= 15 is 0 Å². The van der Waals surface area contributed by atoms with Crippen LogP contribution in [0.2, 0.25) is 0 Å². The van der Waals surface area contributed by atoms with E-state index in [1.165, 1.54) is 46.8 Å². The van der Waals surface area contributed by atoms with E-state index < -0.39 is 46.6 Å². The summed E-state index contributed by atoms with van der Waals surface area (Å²) in [6.45, 7) is 1.29. The van der Waals surface area contributed by atoms with Crippen LogP contribution in [0.1, 0.15) is 28.3 Å². The lowest BCUT2D eigenvalue weighted by Crippen LogP contribution is -2.48. The number of nitrogens with zero attached hydrogens (tertiary/aromatic N) is 5. The summed E-state index contributed by atoms with van der Waals surface area (Å²) in [5.41, 5.74) is 5.65. The molecule has 6 aromatic rings. The van der Waals surface area contributed by atoms with Crippen molar-refractivity contribution < 1.29 is 27.9 Å². The number of alkyl carbamates (subject to hydrolysis) is 1. The largest absolute Gasteiger partial charge is 0.453 e. The fraction of sp³-hybridized carbons (Fsp3) is 0.237. The topological polar surface area (TPSA) is 169 Å². The van der Waals surface area contributed by atoms with E-state index in [0.29, 0.717) is 27.4 Å². The molecule has 0 saturated heterocycles. The highest BCUT2D eigenvalue weighted by Crippen LogP contribution is 2.33. The monoisotopic (exact) mass is 785 g/mol. The standard InChI is InChI=1S/C38H39N7O6S3/c1-25-28(20-44(2)43-25)21-45(54(49,50)30-14-15-31-34(18-30)53-24-40-31)29(22-46)23-52-33-16-17-39-19-32(33)41-37(47)36(42-38(48)51-3)35(26-10-6-4-7-11-26)27-12-8-5-9-13-27/h4-20,24,29,35-36,46H,21-23H2,1-3H3,(H,41,47)(H,42,48)/t29-,36+/m1/s1. The number of carbonyl (C=O) groups is 2. The molecule has 54 heavy (non-hydrogen) atoms. The molecule has 3 heterocycles. The van der Waals surface area contributed by atoms with Gasteiger partial charge in [0.2, 0.25) is 15.9 Å². The van der Waals surface area contributed by atoms with Gasteiger partial charge in [-0.15, -0.1) is 23.1 Å². The number of thioether (sulfide) groups is 1. The number of amides is 2. The molecule has 280 valence electrons. The van der Waals surface area contributed by atoms with Crippen molar-refractivity contribution in [3.8, 4) is 0 Å². The maximum absolute atomic E-state index is 14.4. The molecule has 0 aliphatic heterocycles. The van der Waals surface area contributed by atoms with E-state index in [9.17, 15) is 23.1 Å². The lowest BCUT2D eigenvalue weighted by atomic mass is 9.84. The number of fused-ring (bicyclic) bond motifs is 1. The van der Waals surface area contributed by atoms with Crippen LogP contribution in [0.3, 0.4) is 0 Å². The van der Waals surface area contributed by atoms with Crippen molar-refractivity contribution in [3.63, 3.8) is 0 Å². The highest BCUT2D eigenvalue weighted by molar-refractivity contribution is 7.99. The van der Waals surface area contributed by atoms with Gasteiger partial charge in [-0.3, -0.25) is 14.5 Å². The molecule has 0 radical (unpaired) electrons. The second-order valence-electron chi connectivity index (χ2n) is 12.4. The molecule has 3 N–H and O–H groups in total. The Morgan fingerprint density at radius 2 is 1.74 bits per heavy atom. The first-order valence-electron chi connectivity index (χ1n) is 16.9. The second-order valence-corrected chi connectivity index (χ2v) is 16.2. The zero-order valence-electron chi connectivity index (χ0n) is 29.7. The van der Waals surface area contributed by atoms with Gasteiger partial charge in [0.25, 0.3) is 0 Å². The summed E-state index contributed by atoms with van der Waals surface area (Å²) in [7, 11) is -1.15. The van der Waals surface area contributed by atoms with Gasteiger partial charge in [-0.25, -0.2) is 18.2 Å². The highest BCUT2D eigenvalue weighted by atomic mass is 32.2. The number of aromatic nitrogens is 4. The van der Waals surface area contributed by atoms with Crippen LogP contribution in [0.15, 0.2) is 119 Å². The summed E-state index contributed by atoms with van der Waals surface area (Å²) < 4.78 is 37.3. The number of carbonyl (C=O) groups excluding carboxylic acids is 2. The number of aliphatic hydroxyl groups is 1. The molecule has 0 saturated carbocycles. The quantitative estimate of drug-likeness (QED) is 0.112. The van der Waals surface area contributed by atoms with Crippen LogP contribution in [0.4, 0.5) is 10.5 Å². The Bertz CT molecular complexity index is 2280. The van der Waals surface area contributed by atoms with Crippen molar-refractivity contribution in [1.82, 2.24) is 29.4 Å². The van der Waals surface area contributed by atoms with E-state index in [1.807, 2.05) is 60.7 Å². The van der Waals surface area contributed by atoms with Gasteiger partial charge in [-0.2, -0.15) is 9.40 Å². The van der Waals surface area contributed by atoms with Crippen LogP contribution in [0.25, 0.3) is 10.2 Å². The van der Waals surface area contributed by atoms with Crippen LogP contribution < -0.4 is 10.6 Å². The Morgan fingerprint density at radius 1 is 1.04 bits per heavy atom. The van der Waals surface area contributed by atoms with Gasteiger partial charge >= 0.3 is 6.09 Å². The van der Waals surface area contributed by atoms with Gasteiger partial charge in [0.15, 0.2) is 0 Å². The van der Waals surface area contributed by atoms with E-state index in [4.69, 9.17) is 4.74 Å². The normalized spacial score (nSPS) is 12.9. The molecule has 0 aliphatic rings. The number of nitrogens with one attached hydrogen (secondary N) is 2. The molecule has 3 aromatic heterocycles. The van der Waals surface area contributed by atoms with E-state index in [2.05, 4.69) is 25.7 Å². The number of thiazole rings is 1. The van der Waals surface area contributed by atoms with Crippen molar-refractivity contribution in [2.75, 3.05) is 24.8 Å². The van der Waals surface area contributed by atoms with Crippen molar-refractivity contribution in [3.05, 3.63) is 131 Å². The number of anilines is 1. The predicted molar refractivity (Wildman–Crippen MR) is 209 cm³/mol. The van der Waals surface area contributed by atoms with Crippen LogP contribution in [0, 0.1) is 6.92 Å². The smallest absolute Gasteiger partial charge is 0.407 e. The first kappa shape index (κ1) is 38.6. The van der Waals surface area contributed by atoms with Gasteiger partial charge in [0.05, 0.1) is 58.0 Å². The number of benzene rings is 3. The Labute approximate surface area is 321 Å². The SMILES string of the molecule is COC(=O)N[C@H](C(=O)Nc1cnccc1SC[C@@H](CO)N(Cc1cn(C)nc1C)S(=O)(=O)c1ccc2ncsc2c1)C(c1ccccc1)c1ccccc1. The van der Waals surface area contributed by atoms with Gasteiger partial charge < -0.3 is 20.5 Å². The Morgan fingerprint density at radius 3 is 2.37 bits per heavy atom. The lowest BCUT2D eigenvalue weighted by molar-refractivity contribution is -0.118. The number of aryl methyl sites for hydroxylation is 2. The zero-order chi connectivity index (χ0) is 38.2. The molecule has 13 nitrogen and oxygen atoms in total. The van der Waals surface area contributed by atoms with Crippen LogP contribution in [-0.2, 0) is 33.1 Å². The van der Waals surface area contributed by atoms with Crippen LogP contribution in [-0.4, -0.2) is 81.1 Å². The number of pyridine rings is 1. The summed E-state index contributed by atoms with van der Waals surface area (Å²) in [6.07, 6.45) is 4.03. The third-order valence-electron chi connectivity index (χ3n) is 8.83. The number of hydrogen-bond acceptors (Lipinski definition) is 11. The van der Waals surface area contributed by atoms with Gasteiger partial charge in [0.1, 0.15) is 6.04 Å². The third kappa shape index (κ3) is 8.80. The van der Waals surface area contributed by atoms with Crippen LogP contribution in [0.5, 0.6) is 0 Å². The van der Waals surface area contributed by atoms with Gasteiger partial charge in [-0.05, 0) is 42.3 Å². The van der Waals surface area contributed by atoms with E-state index in [-0.39, 0.29) is 17.2 Å². The maximum Gasteiger partial charge on any atom is 0.407 e. The fourth-order valence-corrected chi connectivity index (χ4v) is 9.70. The predicted octanol–water partition coefficient (Wildman–Crippen LogP) is 5.57. The molecular formula is C38H39N7O6S3. The molecule has 2 atom stereocenters. The Kier molecular flexibility index (Phi) is 12.4. The van der Waals surface area contributed by atoms with E-state index in [1.54, 1.807) is 54.8 Å². The molecule has 0 fully saturated rings. The van der Waals surface area contributed by atoms with Crippen LogP contribution >= 0.6 is 23.1 Å². The molecule has 2 amide bonds. The average molecular weight is 786 g/mol. The van der Waals surface area contributed by atoms with Crippen molar-refractivity contribution in [2.45, 2.75) is 41.3 Å². The summed E-state index contributed by atoms with van der Waals surface area (Å²) in [5, 5.41) is 20.8. The molecule has 16 heteroatoms. The molecule has 0 aliphatic carbocycles. The first-order valence-corrected chi connectivity index (χ1v) is 20.2. The third-order valence-corrected chi connectivity index (χ3v) is 12.7. The number of sulfonamides is 1. The average Bonchev–Trinajstić information content (AvgIpc) is 3.79. The second kappa shape index (κ2) is 17.3. The van der Waals surface area contributed by atoms with E-state index in [0.717, 1.165) is 15.8 Å². The number of ether oxygens (including phenoxy) is 1. The van der Waals surface area contributed by atoms with Gasteiger partial charge in [-0.1, -0.05) is 60.7 Å². The summed E-state index contributed by atoms with van der Waals surface area (Å²) in [5.74, 6) is -0.996. The number of hydrogen-bond donors (Lipinski definition) is 3. The lowest BCUT2D eigenvalue weighted by Gasteiger charge is -2.30. The fourth-order valence-electron chi connectivity index (χ4n) is 6.12. The highest BCUT2D eigenvalue weighted by Gasteiger charge is 2.35. The number of methoxy groups -OCH3 is 1. The minimum atomic E-state index is -4.14. The first-order chi connectivity index (χ1) is 26.1. The Hall–Kier alpha value is -5.13. The van der Waals surface area contributed by atoms with Crippen molar-refractivity contribution >= 4 is 61.0 Å². The molecule has 0 unspecified atom stereocenters. The zero-order valence-corrected chi connectivity index (χ0v) is 32.1. The molecule has 0 spiro atoms. The minimum absolute atomic E-state index is 0.0320. The maximum atomic E-state index is 14.4. The number of aliphatic hydroxyl groups excluding tert-OH is 1. The summed E-state index contributed by atoms with van der Waals surface area (Å²) in [6, 6.07) is 23.3. The summed E-state index contributed by atoms with van der Waals surface area (Å²) >= 11 is 2.60. The van der Waals surface area contributed by atoms with Crippen molar-refractivity contribution in [2.24, 2.45) is 7.05 Å². The molecule has 6 rings (SSSR count).